The van der Waals surface area contributed by atoms with E-state index < -0.39 is 12.5 Å². The third kappa shape index (κ3) is 1.78. The molecule has 0 bridgehead atoms. The molecule has 0 N–H and O–H groups in total. The molecule has 62 valence electrons. The molecule has 0 saturated carbocycles. The summed E-state index contributed by atoms with van der Waals surface area (Å²) in [6, 6.07) is 8.86. The fourth-order valence-electron chi connectivity index (χ4n) is 0.881. The molecule has 0 radical (unpaired) electrons. The van der Waals surface area contributed by atoms with Crippen molar-refractivity contribution < 1.29 is 9.18 Å². The van der Waals surface area contributed by atoms with Crippen molar-refractivity contribution in [3.8, 4) is 0 Å². The number of hydrogen-bond acceptors (Lipinski definition) is 1. The standard InChI is InChI=1S/C10H9FO/c1-8(10(12)7-11)9-5-3-2-4-6-9/h2-6H,1,7H2. The van der Waals surface area contributed by atoms with Gasteiger partial charge in [-0.25, -0.2) is 4.39 Å². The molecular weight excluding hydrogens is 155 g/mol. The number of allylic oxidation sites excluding steroid dienone is 1. The monoisotopic (exact) mass is 164 g/mol. The zero-order valence-electron chi connectivity index (χ0n) is 6.59. The Labute approximate surface area is 70.5 Å². The van der Waals surface area contributed by atoms with Gasteiger partial charge in [0.05, 0.1) is 0 Å². The summed E-state index contributed by atoms with van der Waals surface area (Å²) in [7, 11) is 0. The van der Waals surface area contributed by atoms with E-state index in [1.165, 1.54) is 0 Å². The van der Waals surface area contributed by atoms with E-state index in [4.69, 9.17) is 0 Å². The molecule has 0 saturated heterocycles. The average molecular weight is 164 g/mol. The lowest BCUT2D eigenvalue weighted by Gasteiger charge is -2.00. The molecule has 1 nitrogen and oxygen atoms in total. The first-order valence-corrected chi connectivity index (χ1v) is 3.59. The fourth-order valence-corrected chi connectivity index (χ4v) is 0.881. The summed E-state index contributed by atoms with van der Waals surface area (Å²) in [6.07, 6.45) is 0. The van der Waals surface area contributed by atoms with Crippen LogP contribution >= 0.6 is 0 Å². The van der Waals surface area contributed by atoms with Gasteiger partial charge >= 0.3 is 0 Å². The molecule has 0 amide bonds. The summed E-state index contributed by atoms with van der Waals surface area (Å²) in [4.78, 5) is 10.8. The summed E-state index contributed by atoms with van der Waals surface area (Å²) in [5.41, 5.74) is 0.915. The number of benzene rings is 1. The van der Waals surface area contributed by atoms with Crippen molar-refractivity contribution >= 4 is 11.4 Å². The van der Waals surface area contributed by atoms with E-state index in [9.17, 15) is 9.18 Å². The minimum Gasteiger partial charge on any atom is -0.291 e. The number of rotatable bonds is 3. The first-order valence-electron chi connectivity index (χ1n) is 3.59. The molecule has 0 aliphatic carbocycles. The molecular formula is C10H9FO. The second kappa shape index (κ2) is 3.81. The molecule has 1 aromatic rings. The number of Topliss-reactive ketones (excluding diaryl/α,β-unsaturated/α-hetero) is 1. The maximum atomic E-state index is 11.9. The molecule has 2 heteroatoms. The third-order valence-corrected chi connectivity index (χ3v) is 1.58. The van der Waals surface area contributed by atoms with Gasteiger partial charge in [0.25, 0.3) is 0 Å². The second-order valence-electron chi connectivity index (χ2n) is 2.40. The number of alkyl halides is 1. The van der Waals surface area contributed by atoms with Crippen LogP contribution < -0.4 is 0 Å². The van der Waals surface area contributed by atoms with Gasteiger partial charge in [-0.15, -0.1) is 0 Å². The van der Waals surface area contributed by atoms with Crippen LogP contribution in [0.5, 0.6) is 0 Å². The van der Waals surface area contributed by atoms with Crippen molar-refractivity contribution in [2.24, 2.45) is 0 Å². The number of halogens is 1. The lowest BCUT2D eigenvalue weighted by molar-refractivity contribution is -0.114. The molecule has 12 heavy (non-hydrogen) atoms. The summed E-state index contributed by atoms with van der Waals surface area (Å²) >= 11 is 0. The van der Waals surface area contributed by atoms with E-state index in [0.29, 0.717) is 5.56 Å². The summed E-state index contributed by atoms with van der Waals surface area (Å²) in [5, 5.41) is 0. The summed E-state index contributed by atoms with van der Waals surface area (Å²) < 4.78 is 11.9. The molecule has 1 aromatic carbocycles. The minimum absolute atomic E-state index is 0.234. The van der Waals surface area contributed by atoms with Gasteiger partial charge in [-0.2, -0.15) is 0 Å². The van der Waals surface area contributed by atoms with Crippen LogP contribution in [-0.4, -0.2) is 12.5 Å². The Morgan fingerprint density at radius 3 is 2.42 bits per heavy atom. The number of carbonyl (C=O) groups is 1. The number of carbonyl (C=O) groups excluding carboxylic acids is 1. The van der Waals surface area contributed by atoms with Crippen LogP contribution in [0.3, 0.4) is 0 Å². The molecule has 0 spiro atoms. The first-order chi connectivity index (χ1) is 5.75. The Kier molecular flexibility index (Phi) is 2.75. The van der Waals surface area contributed by atoms with E-state index in [1.807, 2.05) is 6.07 Å². The van der Waals surface area contributed by atoms with Crippen LogP contribution in [0.25, 0.3) is 5.57 Å². The van der Waals surface area contributed by atoms with Crippen LogP contribution in [0, 0.1) is 0 Å². The SMILES string of the molecule is C=C(C(=O)CF)c1ccccc1. The Balaban J connectivity index is 2.86. The highest BCUT2D eigenvalue weighted by molar-refractivity contribution is 6.20. The molecule has 0 unspecified atom stereocenters. The van der Waals surface area contributed by atoms with E-state index in [0.717, 1.165) is 0 Å². The molecule has 0 fully saturated rings. The fraction of sp³-hybridized carbons (Fsp3) is 0.100. The lowest BCUT2D eigenvalue weighted by Crippen LogP contribution is -2.01. The van der Waals surface area contributed by atoms with E-state index in [1.54, 1.807) is 24.3 Å². The molecule has 0 aliphatic rings. The highest BCUT2D eigenvalue weighted by Crippen LogP contribution is 2.12. The first kappa shape index (κ1) is 8.65. The van der Waals surface area contributed by atoms with Crippen molar-refractivity contribution in [1.82, 2.24) is 0 Å². The Morgan fingerprint density at radius 1 is 1.33 bits per heavy atom. The van der Waals surface area contributed by atoms with Crippen LogP contribution in [0.1, 0.15) is 5.56 Å². The Morgan fingerprint density at radius 2 is 1.92 bits per heavy atom. The van der Waals surface area contributed by atoms with Crippen LogP contribution in [0.4, 0.5) is 4.39 Å². The summed E-state index contributed by atoms with van der Waals surface area (Å²) in [5.74, 6) is -0.554. The topological polar surface area (TPSA) is 17.1 Å². The second-order valence-corrected chi connectivity index (χ2v) is 2.40. The minimum atomic E-state index is -0.978. The van der Waals surface area contributed by atoms with Gasteiger partial charge in [0.1, 0.15) is 0 Å². The summed E-state index contributed by atoms with van der Waals surface area (Å²) in [6.45, 7) is 2.53. The normalized spacial score (nSPS) is 9.42. The van der Waals surface area contributed by atoms with Gasteiger partial charge in [-0.3, -0.25) is 4.79 Å². The van der Waals surface area contributed by atoms with Gasteiger partial charge < -0.3 is 0 Å². The Bertz CT molecular complexity index is 290. The highest BCUT2D eigenvalue weighted by atomic mass is 19.1. The molecule has 1 rings (SSSR count). The quantitative estimate of drug-likeness (QED) is 0.626. The van der Waals surface area contributed by atoms with Crippen LogP contribution in [0.2, 0.25) is 0 Å². The highest BCUT2D eigenvalue weighted by Gasteiger charge is 2.07. The van der Waals surface area contributed by atoms with Crippen molar-refractivity contribution in [3.63, 3.8) is 0 Å². The third-order valence-electron chi connectivity index (χ3n) is 1.58. The van der Waals surface area contributed by atoms with Gasteiger partial charge in [-0.1, -0.05) is 36.9 Å². The van der Waals surface area contributed by atoms with Crippen molar-refractivity contribution in [1.29, 1.82) is 0 Å². The maximum Gasteiger partial charge on any atom is 0.193 e. The number of hydrogen-bond donors (Lipinski definition) is 0. The predicted octanol–water partition coefficient (Wildman–Crippen LogP) is 2.24. The van der Waals surface area contributed by atoms with Gasteiger partial charge in [0, 0.05) is 5.57 Å². The Hall–Kier alpha value is -1.44. The molecule has 0 aromatic heterocycles. The van der Waals surface area contributed by atoms with Crippen LogP contribution in [0.15, 0.2) is 36.9 Å². The molecule has 0 heterocycles. The largest absolute Gasteiger partial charge is 0.291 e. The number of ketones is 1. The van der Waals surface area contributed by atoms with Crippen molar-refractivity contribution in [2.45, 2.75) is 0 Å². The molecule has 0 aliphatic heterocycles. The predicted molar refractivity (Wildman–Crippen MR) is 46.5 cm³/mol. The zero-order chi connectivity index (χ0) is 8.97. The maximum absolute atomic E-state index is 11.9. The van der Waals surface area contributed by atoms with Gasteiger partial charge in [-0.05, 0) is 5.56 Å². The molecule has 0 atom stereocenters. The zero-order valence-corrected chi connectivity index (χ0v) is 6.59. The van der Waals surface area contributed by atoms with Gasteiger partial charge in [0.15, 0.2) is 12.5 Å². The van der Waals surface area contributed by atoms with Crippen LogP contribution in [-0.2, 0) is 4.79 Å². The smallest absolute Gasteiger partial charge is 0.193 e. The van der Waals surface area contributed by atoms with Crippen molar-refractivity contribution in [3.05, 3.63) is 42.5 Å². The lowest BCUT2D eigenvalue weighted by atomic mass is 10.0. The van der Waals surface area contributed by atoms with Crippen molar-refractivity contribution in [2.75, 3.05) is 6.67 Å². The van der Waals surface area contributed by atoms with Gasteiger partial charge in [0.2, 0.25) is 0 Å². The average Bonchev–Trinajstić information content (AvgIpc) is 2.17. The van der Waals surface area contributed by atoms with E-state index in [-0.39, 0.29) is 5.57 Å². The van der Waals surface area contributed by atoms with E-state index >= 15 is 0 Å². The van der Waals surface area contributed by atoms with E-state index in [2.05, 4.69) is 6.58 Å².